The summed E-state index contributed by atoms with van der Waals surface area (Å²) in [4.78, 5) is 3.17. The minimum atomic E-state index is -4.96. The van der Waals surface area contributed by atoms with Gasteiger partial charge in [0.1, 0.15) is 10.8 Å². The largest absolute Gasteiger partial charge is 0.507 e. The second kappa shape index (κ2) is 5.17. The number of hydrogen-bond acceptors (Lipinski definition) is 4. The predicted octanol–water partition coefficient (Wildman–Crippen LogP) is 4.42. The standard InChI is InChI=1S/C12H4F6N2OS/c13-11(14,15)7-2-5(3-19)1-6(9(7)21)10-20-8(4-22-10)12(16,17)18/h1-2,4,21H. The van der Waals surface area contributed by atoms with Crippen LogP contribution in [0, 0.1) is 11.3 Å². The molecule has 0 saturated heterocycles. The van der Waals surface area contributed by atoms with E-state index in [1.807, 2.05) is 0 Å². The summed E-state index contributed by atoms with van der Waals surface area (Å²) in [5, 5.41) is 18.5. The van der Waals surface area contributed by atoms with E-state index in [1.165, 1.54) is 6.07 Å². The SMILES string of the molecule is N#Cc1cc(-c2nc(C(F)(F)F)cs2)c(O)c(C(F)(F)F)c1. The maximum atomic E-state index is 12.8. The zero-order valence-corrected chi connectivity index (χ0v) is 11.1. The maximum Gasteiger partial charge on any atom is 0.434 e. The number of aromatic nitrogens is 1. The Bertz CT molecular complexity index is 756. The van der Waals surface area contributed by atoms with E-state index < -0.39 is 45.5 Å². The molecule has 0 radical (unpaired) electrons. The Balaban J connectivity index is 2.66. The van der Waals surface area contributed by atoms with E-state index in [9.17, 15) is 31.4 Å². The first-order valence-electron chi connectivity index (χ1n) is 5.41. The molecule has 0 aliphatic carbocycles. The van der Waals surface area contributed by atoms with Crippen LogP contribution in [-0.2, 0) is 12.4 Å². The van der Waals surface area contributed by atoms with Crippen molar-refractivity contribution in [3.63, 3.8) is 0 Å². The van der Waals surface area contributed by atoms with Gasteiger partial charge in [0, 0.05) is 5.38 Å². The van der Waals surface area contributed by atoms with E-state index >= 15 is 0 Å². The summed E-state index contributed by atoms with van der Waals surface area (Å²) in [5.41, 5.74) is -3.83. The van der Waals surface area contributed by atoms with Crippen LogP contribution in [0.4, 0.5) is 26.3 Å². The first-order valence-corrected chi connectivity index (χ1v) is 6.29. The topological polar surface area (TPSA) is 56.9 Å². The minimum absolute atomic E-state index is 0.414. The highest BCUT2D eigenvalue weighted by Crippen LogP contribution is 2.43. The predicted molar refractivity (Wildman–Crippen MR) is 63.9 cm³/mol. The third kappa shape index (κ3) is 2.99. The van der Waals surface area contributed by atoms with Gasteiger partial charge in [-0.05, 0) is 12.1 Å². The number of nitrogens with zero attached hydrogens (tertiary/aromatic N) is 2. The summed E-state index contributed by atoms with van der Waals surface area (Å²) in [5.74, 6) is -1.27. The van der Waals surface area contributed by atoms with Crippen LogP contribution in [0.3, 0.4) is 0 Å². The molecule has 0 fully saturated rings. The van der Waals surface area contributed by atoms with Crippen molar-refractivity contribution in [3.05, 3.63) is 34.3 Å². The van der Waals surface area contributed by atoms with Crippen LogP contribution in [0.1, 0.15) is 16.8 Å². The summed E-state index contributed by atoms with van der Waals surface area (Å²) in [6, 6.07) is 2.72. The van der Waals surface area contributed by atoms with E-state index in [0.29, 0.717) is 22.8 Å². The number of halogens is 6. The molecule has 0 aliphatic rings. The number of aromatic hydroxyl groups is 1. The highest BCUT2D eigenvalue weighted by atomic mass is 32.1. The average molecular weight is 338 g/mol. The lowest BCUT2D eigenvalue weighted by Gasteiger charge is -2.12. The number of benzene rings is 1. The van der Waals surface area contributed by atoms with Gasteiger partial charge < -0.3 is 5.11 Å². The van der Waals surface area contributed by atoms with Crippen LogP contribution < -0.4 is 0 Å². The van der Waals surface area contributed by atoms with Gasteiger partial charge in [-0.1, -0.05) is 0 Å². The molecule has 0 amide bonds. The van der Waals surface area contributed by atoms with E-state index in [0.717, 1.165) is 6.07 Å². The van der Waals surface area contributed by atoms with Crippen molar-refractivity contribution in [3.8, 4) is 22.4 Å². The lowest BCUT2D eigenvalue weighted by Crippen LogP contribution is -2.07. The first-order chi connectivity index (χ1) is 10.0. The van der Waals surface area contributed by atoms with Crippen LogP contribution in [0.15, 0.2) is 17.5 Å². The van der Waals surface area contributed by atoms with Crippen molar-refractivity contribution in [1.82, 2.24) is 4.98 Å². The smallest absolute Gasteiger partial charge is 0.434 e. The van der Waals surface area contributed by atoms with Crippen molar-refractivity contribution in [2.24, 2.45) is 0 Å². The molecule has 1 heterocycles. The molecule has 10 heteroatoms. The molecule has 0 bridgehead atoms. The van der Waals surface area contributed by atoms with Crippen molar-refractivity contribution in [2.75, 3.05) is 0 Å². The van der Waals surface area contributed by atoms with Crippen LogP contribution >= 0.6 is 11.3 Å². The molecule has 1 aromatic carbocycles. The Hall–Kier alpha value is -2.28. The Kier molecular flexibility index (Phi) is 3.78. The second-order valence-electron chi connectivity index (χ2n) is 4.07. The number of hydrogen-bond donors (Lipinski definition) is 1. The monoisotopic (exact) mass is 338 g/mol. The number of phenols is 1. The molecule has 0 aliphatic heterocycles. The number of nitriles is 1. The molecule has 22 heavy (non-hydrogen) atoms. The fourth-order valence-electron chi connectivity index (χ4n) is 1.61. The Morgan fingerprint density at radius 2 is 1.73 bits per heavy atom. The highest BCUT2D eigenvalue weighted by molar-refractivity contribution is 7.13. The zero-order chi connectivity index (χ0) is 16.7. The van der Waals surface area contributed by atoms with Gasteiger partial charge in [-0.3, -0.25) is 0 Å². The van der Waals surface area contributed by atoms with Crippen molar-refractivity contribution in [1.29, 1.82) is 5.26 Å². The van der Waals surface area contributed by atoms with Crippen LogP contribution in [0.25, 0.3) is 10.6 Å². The van der Waals surface area contributed by atoms with Gasteiger partial charge in [-0.25, -0.2) is 4.98 Å². The molecule has 1 aromatic heterocycles. The van der Waals surface area contributed by atoms with Gasteiger partial charge in [0.2, 0.25) is 0 Å². The molecule has 0 saturated carbocycles. The normalized spacial score (nSPS) is 12.2. The number of phenolic OH excluding ortho intramolecular Hbond substituents is 1. The van der Waals surface area contributed by atoms with Gasteiger partial charge in [-0.2, -0.15) is 31.6 Å². The van der Waals surface area contributed by atoms with Crippen molar-refractivity contribution < 1.29 is 31.4 Å². The first kappa shape index (κ1) is 16.1. The van der Waals surface area contributed by atoms with Gasteiger partial charge in [0.15, 0.2) is 5.69 Å². The van der Waals surface area contributed by atoms with Gasteiger partial charge in [0.05, 0.1) is 22.8 Å². The molecular weight excluding hydrogens is 334 g/mol. The Morgan fingerprint density at radius 1 is 1.09 bits per heavy atom. The van der Waals surface area contributed by atoms with Gasteiger partial charge in [0.25, 0.3) is 0 Å². The number of rotatable bonds is 1. The lowest BCUT2D eigenvalue weighted by atomic mass is 10.0. The van der Waals surface area contributed by atoms with E-state index in [-0.39, 0.29) is 0 Å². The quantitative estimate of drug-likeness (QED) is 0.783. The third-order valence-corrected chi connectivity index (χ3v) is 3.45. The van der Waals surface area contributed by atoms with Gasteiger partial charge >= 0.3 is 12.4 Å². The molecule has 2 rings (SSSR count). The number of thiazole rings is 1. The summed E-state index contributed by atoms with van der Waals surface area (Å²) in [7, 11) is 0. The third-order valence-electron chi connectivity index (χ3n) is 2.57. The lowest BCUT2D eigenvalue weighted by molar-refractivity contribution is -0.141. The molecular formula is C12H4F6N2OS. The average Bonchev–Trinajstić information content (AvgIpc) is 2.87. The molecule has 2 aromatic rings. The zero-order valence-electron chi connectivity index (χ0n) is 10.2. The summed E-state index contributed by atoms with van der Waals surface area (Å²) in [6.07, 6.45) is -9.72. The van der Waals surface area contributed by atoms with Crippen molar-refractivity contribution in [2.45, 2.75) is 12.4 Å². The Labute approximate surface area is 123 Å². The molecule has 0 atom stereocenters. The van der Waals surface area contributed by atoms with E-state index in [4.69, 9.17) is 5.26 Å². The summed E-state index contributed by atoms with van der Waals surface area (Å²) in [6.45, 7) is 0. The highest BCUT2D eigenvalue weighted by Gasteiger charge is 2.37. The second-order valence-corrected chi connectivity index (χ2v) is 4.92. The molecule has 116 valence electrons. The Morgan fingerprint density at radius 3 is 2.18 bits per heavy atom. The van der Waals surface area contributed by atoms with E-state index in [2.05, 4.69) is 4.98 Å². The molecule has 0 spiro atoms. The molecule has 1 N–H and O–H groups in total. The van der Waals surface area contributed by atoms with Crippen LogP contribution in [0.2, 0.25) is 0 Å². The fraction of sp³-hybridized carbons (Fsp3) is 0.167. The van der Waals surface area contributed by atoms with Crippen LogP contribution in [-0.4, -0.2) is 10.1 Å². The maximum absolute atomic E-state index is 12.8. The fourth-order valence-corrected chi connectivity index (χ4v) is 2.45. The number of alkyl halides is 6. The summed E-state index contributed by atoms with van der Waals surface area (Å²) >= 11 is 0.414. The molecule has 3 nitrogen and oxygen atoms in total. The van der Waals surface area contributed by atoms with Crippen LogP contribution in [0.5, 0.6) is 5.75 Å². The van der Waals surface area contributed by atoms with E-state index in [1.54, 1.807) is 0 Å². The minimum Gasteiger partial charge on any atom is -0.507 e. The molecule has 0 unspecified atom stereocenters. The van der Waals surface area contributed by atoms with Crippen molar-refractivity contribution >= 4 is 11.3 Å². The summed E-state index contributed by atoms with van der Waals surface area (Å²) < 4.78 is 75.8. The van der Waals surface area contributed by atoms with Gasteiger partial charge in [-0.15, -0.1) is 11.3 Å².